The summed E-state index contributed by atoms with van der Waals surface area (Å²) in [4.78, 5) is 0. The maximum atomic E-state index is 13.3. The van der Waals surface area contributed by atoms with Gasteiger partial charge >= 0.3 is 6.36 Å². The Morgan fingerprint density at radius 3 is 2.35 bits per heavy atom. The summed E-state index contributed by atoms with van der Waals surface area (Å²) in [5.41, 5.74) is 5.17. The summed E-state index contributed by atoms with van der Waals surface area (Å²) in [6.07, 6.45) is -4.85. The molecule has 0 aliphatic carbocycles. The van der Waals surface area contributed by atoms with E-state index in [2.05, 4.69) is 4.74 Å². The first-order chi connectivity index (χ1) is 9.26. The first kappa shape index (κ1) is 14.1. The van der Waals surface area contributed by atoms with Crippen molar-refractivity contribution in [2.75, 3.05) is 5.73 Å². The van der Waals surface area contributed by atoms with Crippen molar-refractivity contribution in [3.63, 3.8) is 0 Å². The van der Waals surface area contributed by atoms with Gasteiger partial charge in [0, 0.05) is 11.6 Å². The third-order valence-corrected chi connectivity index (χ3v) is 2.47. The summed E-state index contributed by atoms with van der Waals surface area (Å²) in [6, 6.07) is 6.23. The van der Waals surface area contributed by atoms with E-state index in [1.807, 2.05) is 0 Å². The Labute approximate surface area is 110 Å². The van der Waals surface area contributed by atoms with E-state index < -0.39 is 23.7 Å². The first-order valence-electron chi connectivity index (χ1n) is 5.37. The van der Waals surface area contributed by atoms with E-state index in [1.165, 1.54) is 12.1 Å². The lowest BCUT2D eigenvalue weighted by Gasteiger charge is -2.11. The number of alkyl halides is 3. The number of benzene rings is 2. The van der Waals surface area contributed by atoms with Crippen LogP contribution >= 0.6 is 0 Å². The highest BCUT2D eigenvalue weighted by Crippen LogP contribution is 2.32. The number of rotatable bonds is 2. The molecule has 2 rings (SSSR count). The molecule has 0 radical (unpaired) electrons. The van der Waals surface area contributed by atoms with Crippen molar-refractivity contribution in [2.45, 2.75) is 6.36 Å². The van der Waals surface area contributed by atoms with Crippen LogP contribution in [0.2, 0.25) is 0 Å². The highest BCUT2D eigenvalue weighted by atomic mass is 19.4. The fourth-order valence-corrected chi connectivity index (χ4v) is 1.68. The predicted molar refractivity (Wildman–Crippen MR) is 62.9 cm³/mol. The molecule has 0 aliphatic rings. The minimum absolute atomic E-state index is 0.0462. The van der Waals surface area contributed by atoms with Gasteiger partial charge in [-0.2, -0.15) is 0 Å². The van der Waals surface area contributed by atoms with Gasteiger partial charge in [-0.1, -0.05) is 12.1 Å². The summed E-state index contributed by atoms with van der Waals surface area (Å²) in [6.45, 7) is 0. The zero-order valence-corrected chi connectivity index (χ0v) is 9.84. The minimum Gasteiger partial charge on any atom is -0.406 e. The van der Waals surface area contributed by atoms with Crippen LogP contribution in [0.5, 0.6) is 5.75 Å². The summed E-state index contributed by atoms with van der Waals surface area (Å²) < 4.78 is 66.6. The number of hydrogen-bond acceptors (Lipinski definition) is 2. The van der Waals surface area contributed by atoms with Crippen LogP contribution in [-0.4, -0.2) is 6.36 Å². The number of ether oxygens (including phenoxy) is 1. The van der Waals surface area contributed by atoms with Gasteiger partial charge in [-0.15, -0.1) is 13.2 Å². The number of anilines is 1. The Balaban J connectivity index is 2.46. The Morgan fingerprint density at radius 1 is 1.00 bits per heavy atom. The molecule has 2 N–H and O–H groups in total. The molecule has 0 amide bonds. The maximum Gasteiger partial charge on any atom is 0.573 e. The lowest BCUT2D eigenvalue weighted by Crippen LogP contribution is -2.17. The van der Waals surface area contributed by atoms with Crippen molar-refractivity contribution in [1.29, 1.82) is 0 Å². The summed E-state index contributed by atoms with van der Waals surface area (Å²) in [5, 5.41) is 0. The molecule has 0 aliphatic heterocycles. The molecule has 106 valence electrons. The average Bonchev–Trinajstić information content (AvgIpc) is 2.32. The van der Waals surface area contributed by atoms with Crippen molar-refractivity contribution >= 4 is 5.69 Å². The van der Waals surface area contributed by atoms with Crippen LogP contribution in [0.4, 0.5) is 27.6 Å². The van der Waals surface area contributed by atoms with Gasteiger partial charge in [-0.05, 0) is 23.8 Å². The number of nitrogen functional groups attached to an aromatic ring is 1. The third kappa shape index (κ3) is 3.17. The van der Waals surface area contributed by atoms with Crippen LogP contribution in [0.3, 0.4) is 0 Å². The van der Waals surface area contributed by atoms with Gasteiger partial charge in [0.2, 0.25) is 0 Å². The largest absolute Gasteiger partial charge is 0.573 e. The van der Waals surface area contributed by atoms with Gasteiger partial charge in [0.15, 0.2) is 0 Å². The normalized spacial score (nSPS) is 11.4. The lowest BCUT2D eigenvalue weighted by molar-refractivity contribution is -0.274. The van der Waals surface area contributed by atoms with Crippen molar-refractivity contribution in [3.05, 3.63) is 48.0 Å². The SMILES string of the molecule is Nc1c(F)cc(F)cc1-c1cccc(OC(F)(F)F)c1. The van der Waals surface area contributed by atoms with Crippen LogP contribution in [0.25, 0.3) is 11.1 Å². The summed E-state index contributed by atoms with van der Waals surface area (Å²) >= 11 is 0. The van der Waals surface area contributed by atoms with E-state index in [0.717, 1.165) is 18.2 Å². The molecule has 0 unspecified atom stereocenters. The van der Waals surface area contributed by atoms with Crippen molar-refractivity contribution < 1.29 is 26.7 Å². The fraction of sp³-hybridized carbons (Fsp3) is 0.0769. The van der Waals surface area contributed by atoms with Crippen molar-refractivity contribution in [1.82, 2.24) is 0 Å². The predicted octanol–water partition coefficient (Wildman–Crippen LogP) is 4.11. The molecule has 0 atom stereocenters. The second-order valence-electron chi connectivity index (χ2n) is 3.92. The van der Waals surface area contributed by atoms with Crippen LogP contribution in [0, 0.1) is 11.6 Å². The van der Waals surface area contributed by atoms with Crippen LogP contribution in [0.15, 0.2) is 36.4 Å². The van der Waals surface area contributed by atoms with Gasteiger partial charge in [-0.3, -0.25) is 0 Å². The van der Waals surface area contributed by atoms with Gasteiger partial charge < -0.3 is 10.5 Å². The molecule has 2 aromatic carbocycles. The fourth-order valence-electron chi connectivity index (χ4n) is 1.68. The minimum atomic E-state index is -4.85. The van der Waals surface area contributed by atoms with Gasteiger partial charge in [0.25, 0.3) is 0 Å². The van der Waals surface area contributed by atoms with E-state index in [-0.39, 0.29) is 16.8 Å². The van der Waals surface area contributed by atoms with E-state index in [0.29, 0.717) is 6.07 Å². The Morgan fingerprint density at radius 2 is 1.70 bits per heavy atom. The molecule has 7 heteroatoms. The molecule has 0 fully saturated rings. The number of hydrogen-bond donors (Lipinski definition) is 1. The Hall–Kier alpha value is -2.31. The van der Waals surface area contributed by atoms with Gasteiger partial charge in [0.05, 0.1) is 5.69 Å². The van der Waals surface area contributed by atoms with Crippen LogP contribution < -0.4 is 10.5 Å². The molecule has 0 saturated carbocycles. The zero-order valence-electron chi connectivity index (χ0n) is 9.84. The highest BCUT2D eigenvalue weighted by molar-refractivity contribution is 5.77. The standard InChI is InChI=1S/C13H8F5NO/c14-8-5-10(12(19)11(15)6-8)7-2-1-3-9(4-7)20-13(16,17)18/h1-6H,19H2. The maximum absolute atomic E-state index is 13.3. The molecule has 20 heavy (non-hydrogen) atoms. The third-order valence-electron chi connectivity index (χ3n) is 2.47. The Kier molecular flexibility index (Phi) is 3.52. The lowest BCUT2D eigenvalue weighted by atomic mass is 10.0. The van der Waals surface area contributed by atoms with E-state index in [4.69, 9.17) is 5.73 Å². The molecule has 0 saturated heterocycles. The number of halogens is 5. The van der Waals surface area contributed by atoms with Gasteiger partial charge in [0.1, 0.15) is 17.4 Å². The second kappa shape index (κ2) is 4.99. The molecule has 0 spiro atoms. The smallest absolute Gasteiger partial charge is 0.406 e. The van der Waals surface area contributed by atoms with Crippen LogP contribution in [0.1, 0.15) is 0 Å². The molecule has 0 bridgehead atoms. The van der Waals surface area contributed by atoms with E-state index in [9.17, 15) is 22.0 Å². The molecular weight excluding hydrogens is 281 g/mol. The number of nitrogens with two attached hydrogens (primary N) is 1. The molecule has 2 nitrogen and oxygen atoms in total. The van der Waals surface area contributed by atoms with Gasteiger partial charge in [-0.25, -0.2) is 8.78 Å². The molecular formula is C13H8F5NO. The molecule has 2 aromatic rings. The highest BCUT2D eigenvalue weighted by Gasteiger charge is 2.31. The average molecular weight is 289 g/mol. The first-order valence-corrected chi connectivity index (χ1v) is 5.37. The van der Waals surface area contributed by atoms with E-state index >= 15 is 0 Å². The van der Waals surface area contributed by atoms with E-state index in [1.54, 1.807) is 0 Å². The van der Waals surface area contributed by atoms with Crippen molar-refractivity contribution in [2.24, 2.45) is 0 Å². The monoisotopic (exact) mass is 289 g/mol. The Bertz CT molecular complexity index is 639. The second-order valence-corrected chi connectivity index (χ2v) is 3.92. The zero-order chi connectivity index (χ0) is 14.9. The van der Waals surface area contributed by atoms with Crippen molar-refractivity contribution in [3.8, 4) is 16.9 Å². The summed E-state index contributed by atoms with van der Waals surface area (Å²) in [7, 11) is 0. The topological polar surface area (TPSA) is 35.2 Å². The quantitative estimate of drug-likeness (QED) is 0.667. The van der Waals surface area contributed by atoms with Crippen LogP contribution in [-0.2, 0) is 0 Å². The molecule has 0 heterocycles. The molecule has 0 aromatic heterocycles. The summed E-state index contributed by atoms with van der Waals surface area (Å²) in [5.74, 6) is -2.37.